The van der Waals surface area contributed by atoms with Gasteiger partial charge in [-0.05, 0) is 53.3 Å². The zero-order valence-electron chi connectivity index (χ0n) is 17.2. The van der Waals surface area contributed by atoms with Crippen LogP contribution < -0.4 is 5.32 Å². The van der Waals surface area contributed by atoms with Crippen LogP contribution in [0.3, 0.4) is 0 Å². The molecule has 1 aromatic heterocycles. The number of carbonyl (C=O) groups excluding carboxylic acids is 1. The van der Waals surface area contributed by atoms with Crippen molar-refractivity contribution in [3.05, 3.63) is 82.7 Å². The highest BCUT2D eigenvalue weighted by Gasteiger charge is 2.41. The molecule has 1 aliphatic carbocycles. The minimum absolute atomic E-state index is 0.0372. The van der Waals surface area contributed by atoms with E-state index in [2.05, 4.69) is 24.1 Å². The summed E-state index contributed by atoms with van der Waals surface area (Å²) in [5.41, 5.74) is 3.86. The van der Waals surface area contributed by atoms with E-state index >= 15 is 0 Å². The summed E-state index contributed by atoms with van der Waals surface area (Å²) in [7, 11) is 0. The number of benzene rings is 2. The van der Waals surface area contributed by atoms with Crippen LogP contribution in [0.2, 0.25) is 0 Å². The number of halogens is 3. The standard InChI is InChI=1S/C25H21F3N2O/c1-24(2)12-19-23(20(31)13-24)21(14-5-7-15(8-6-14)25(26,27)28)22-16-4-3-11-29-17(16)9-10-18(22)30-19/h3-11,21,30H,12-13H2,1-2H3. The molecule has 0 saturated heterocycles. The average molecular weight is 422 g/mol. The second kappa shape index (κ2) is 6.67. The predicted octanol–water partition coefficient (Wildman–Crippen LogP) is 6.45. The van der Waals surface area contributed by atoms with Crippen molar-refractivity contribution in [2.75, 3.05) is 5.32 Å². The first-order chi connectivity index (χ1) is 14.6. The van der Waals surface area contributed by atoms with E-state index in [1.807, 2.05) is 24.3 Å². The summed E-state index contributed by atoms with van der Waals surface area (Å²) in [4.78, 5) is 17.7. The van der Waals surface area contributed by atoms with Gasteiger partial charge in [0.25, 0.3) is 0 Å². The van der Waals surface area contributed by atoms with Crippen LogP contribution in [0.4, 0.5) is 18.9 Å². The molecule has 1 N–H and O–H groups in total. The van der Waals surface area contributed by atoms with Gasteiger partial charge >= 0.3 is 6.18 Å². The van der Waals surface area contributed by atoms with Gasteiger partial charge in [0.05, 0.1) is 11.1 Å². The number of nitrogens with one attached hydrogen (secondary N) is 1. The Morgan fingerprint density at radius 1 is 1.03 bits per heavy atom. The molecule has 0 saturated carbocycles. The summed E-state index contributed by atoms with van der Waals surface area (Å²) in [6, 6.07) is 12.8. The Bertz CT molecular complexity index is 1240. The van der Waals surface area contributed by atoms with E-state index in [9.17, 15) is 18.0 Å². The van der Waals surface area contributed by atoms with E-state index in [0.717, 1.165) is 40.0 Å². The lowest BCUT2D eigenvalue weighted by Gasteiger charge is -2.40. The predicted molar refractivity (Wildman–Crippen MR) is 114 cm³/mol. The van der Waals surface area contributed by atoms with Gasteiger partial charge in [0.1, 0.15) is 0 Å². The minimum Gasteiger partial charge on any atom is -0.358 e. The Balaban J connectivity index is 1.76. The summed E-state index contributed by atoms with van der Waals surface area (Å²) in [6.07, 6.45) is -1.59. The van der Waals surface area contributed by atoms with Gasteiger partial charge in [-0.2, -0.15) is 13.2 Å². The number of anilines is 1. The summed E-state index contributed by atoms with van der Waals surface area (Å²) in [6.45, 7) is 4.12. The van der Waals surface area contributed by atoms with Crippen LogP contribution in [0.25, 0.3) is 10.9 Å². The van der Waals surface area contributed by atoms with Crippen LogP contribution in [0.15, 0.2) is 66.0 Å². The van der Waals surface area contributed by atoms with Crippen molar-refractivity contribution < 1.29 is 18.0 Å². The van der Waals surface area contributed by atoms with Crippen molar-refractivity contribution in [3.8, 4) is 0 Å². The molecule has 1 atom stereocenters. The molecule has 5 rings (SSSR count). The van der Waals surface area contributed by atoms with Crippen LogP contribution in [0.1, 0.15) is 49.3 Å². The quantitative estimate of drug-likeness (QED) is 0.490. The SMILES string of the molecule is CC1(C)CC(=O)C2=C(C1)Nc1ccc3ncccc3c1C2c1ccc(C(F)(F)F)cc1. The summed E-state index contributed by atoms with van der Waals surface area (Å²) >= 11 is 0. The third-order valence-electron chi connectivity index (χ3n) is 6.18. The van der Waals surface area contributed by atoms with Crippen LogP contribution >= 0.6 is 0 Å². The molecule has 3 nitrogen and oxygen atoms in total. The molecule has 31 heavy (non-hydrogen) atoms. The summed E-state index contributed by atoms with van der Waals surface area (Å²) < 4.78 is 39.4. The van der Waals surface area contributed by atoms with Crippen molar-refractivity contribution in [2.45, 2.75) is 38.8 Å². The number of alkyl halides is 3. The fraction of sp³-hybridized carbons (Fsp3) is 0.280. The molecule has 2 aliphatic rings. The Hall–Kier alpha value is -3.15. The van der Waals surface area contributed by atoms with Crippen molar-refractivity contribution in [3.63, 3.8) is 0 Å². The number of allylic oxidation sites excluding steroid dienone is 2. The Morgan fingerprint density at radius 3 is 2.48 bits per heavy atom. The number of carbonyl (C=O) groups is 1. The molecule has 0 fully saturated rings. The molecule has 6 heteroatoms. The van der Waals surface area contributed by atoms with Crippen LogP contribution in [-0.4, -0.2) is 10.8 Å². The number of aromatic nitrogens is 1. The fourth-order valence-electron chi connectivity index (χ4n) is 4.88. The van der Waals surface area contributed by atoms with E-state index in [1.54, 1.807) is 6.20 Å². The minimum atomic E-state index is -4.41. The first kappa shape index (κ1) is 19.8. The largest absolute Gasteiger partial charge is 0.416 e. The number of fused-ring (bicyclic) bond motifs is 3. The molecule has 0 radical (unpaired) electrons. The molecule has 2 aromatic carbocycles. The van der Waals surface area contributed by atoms with Gasteiger partial charge in [-0.25, -0.2) is 0 Å². The number of Topliss-reactive ketones (excluding diaryl/α,β-unsaturated/α-hetero) is 1. The maximum Gasteiger partial charge on any atom is 0.416 e. The molecule has 158 valence electrons. The summed E-state index contributed by atoms with van der Waals surface area (Å²) in [5, 5.41) is 4.35. The van der Waals surface area contributed by atoms with E-state index < -0.39 is 17.7 Å². The molecule has 1 aliphatic heterocycles. The first-order valence-corrected chi connectivity index (χ1v) is 10.2. The highest BCUT2D eigenvalue weighted by molar-refractivity contribution is 6.04. The summed E-state index contributed by atoms with van der Waals surface area (Å²) in [5.74, 6) is -0.403. The number of rotatable bonds is 1. The zero-order chi connectivity index (χ0) is 22.0. The molecule has 0 bridgehead atoms. The van der Waals surface area contributed by atoms with Crippen LogP contribution in [0.5, 0.6) is 0 Å². The molecule has 0 spiro atoms. The van der Waals surface area contributed by atoms with E-state index in [1.165, 1.54) is 12.1 Å². The molecule has 3 aromatic rings. The number of hydrogen-bond acceptors (Lipinski definition) is 3. The highest BCUT2D eigenvalue weighted by Crippen LogP contribution is 2.50. The van der Waals surface area contributed by atoms with E-state index in [0.29, 0.717) is 24.0 Å². The first-order valence-electron chi connectivity index (χ1n) is 10.2. The Labute approximate surface area is 178 Å². The van der Waals surface area contributed by atoms with Gasteiger partial charge in [0, 0.05) is 40.9 Å². The van der Waals surface area contributed by atoms with Gasteiger partial charge in [0.15, 0.2) is 5.78 Å². The third-order valence-corrected chi connectivity index (χ3v) is 6.18. The van der Waals surface area contributed by atoms with Crippen molar-refractivity contribution >= 4 is 22.4 Å². The van der Waals surface area contributed by atoms with Crippen molar-refractivity contribution in [1.82, 2.24) is 4.98 Å². The van der Waals surface area contributed by atoms with Crippen LogP contribution in [-0.2, 0) is 11.0 Å². The lowest BCUT2D eigenvalue weighted by atomic mass is 9.68. The van der Waals surface area contributed by atoms with Gasteiger partial charge < -0.3 is 5.32 Å². The van der Waals surface area contributed by atoms with E-state index in [-0.39, 0.29) is 11.2 Å². The second-order valence-electron chi connectivity index (χ2n) is 9.11. The molecule has 1 unspecified atom stereocenters. The maximum atomic E-state index is 13.3. The number of ketones is 1. The fourth-order valence-corrected chi connectivity index (χ4v) is 4.88. The van der Waals surface area contributed by atoms with Crippen molar-refractivity contribution in [1.29, 1.82) is 0 Å². The van der Waals surface area contributed by atoms with Gasteiger partial charge in [-0.15, -0.1) is 0 Å². The Kier molecular flexibility index (Phi) is 4.26. The lowest BCUT2D eigenvalue weighted by Crippen LogP contribution is -2.34. The number of pyridine rings is 1. The molecule has 2 heterocycles. The third kappa shape index (κ3) is 3.30. The Morgan fingerprint density at radius 2 is 1.77 bits per heavy atom. The normalized spacial score (nSPS) is 20.3. The van der Waals surface area contributed by atoms with Gasteiger partial charge in [-0.1, -0.05) is 32.0 Å². The maximum absolute atomic E-state index is 13.3. The molecular formula is C25H21F3N2O. The highest BCUT2D eigenvalue weighted by atomic mass is 19.4. The lowest BCUT2D eigenvalue weighted by molar-refractivity contribution is -0.137. The molecular weight excluding hydrogens is 401 g/mol. The van der Waals surface area contributed by atoms with Crippen molar-refractivity contribution in [2.24, 2.45) is 5.41 Å². The second-order valence-corrected chi connectivity index (χ2v) is 9.11. The average Bonchev–Trinajstić information content (AvgIpc) is 2.70. The molecule has 0 amide bonds. The number of hydrogen-bond donors (Lipinski definition) is 1. The van der Waals surface area contributed by atoms with Gasteiger partial charge in [0.2, 0.25) is 0 Å². The topological polar surface area (TPSA) is 42.0 Å². The van der Waals surface area contributed by atoms with Crippen LogP contribution in [0, 0.1) is 5.41 Å². The van der Waals surface area contributed by atoms with E-state index in [4.69, 9.17) is 0 Å². The smallest absolute Gasteiger partial charge is 0.358 e. The number of nitrogens with zero attached hydrogens (tertiary/aromatic N) is 1. The zero-order valence-corrected chi connectivity index (χ0v) is 17.2. The van der Waals surface area contributed by atoms with Gasteiger partial charge in [-0.3, -0.25) is 9.78 Å². The monoisotopic (exact) mass is 422 g/mol.